The number of fused-ring (bicyclic) bond motifs is 3. The first-order chi connectivity index (χ1) is 23.8. The topological polar surface area (TPSA) is 54.1 Å². The van der Waals surface area contributed by atoms with E-state index in [1.807, 2.05) is 30.5 Å². The predicted molar refractivity (Wildman–Crippen MR) is 199 cm³/mol. The van der Waals surface area contributed by atoms with Crippen molar-refractivity contribution in [2.75, 3.05) is 7.11 Å². The molecule has 0 amide bonds. The molecule has 0 atom stereocenters. The number of hydrogen-bond donors (Lipinski definition) is 0. The fourth-order valence-electron chi connectivity index (χ4n) is 6.59. The number of nitrogens with zero attached hydrogens (tertiary/aromatic N) is 4. The third kappa shape index (κ3) is 6.74. The number of hydrogen-bond acceptors (Lipinski definition) is 4. The van der Waals surface area contributed by atoms with Crippen LogP contribution in [0, 0.1) is 12.1 Å². The van der Waals surface area contributed by atoms with Crippen molar-refractivity contribution in [3.8, 4) is 39.9 Å². The van der Waals surface area contributed by atoms with Crippen LogP contribution in [0.15, 0.2) is 97.2 Å². The normalized spacial score (nSPS) is 11.6. The van der Waals surface area contributed by atoms with Gasteiger partial charge in [0.2, 0.25) is 0 Å². The molecule has 6 nitrogen and oxygen atoms in total. The molecular weight excluding hydrogens is 800 g/mol. The van der Waals surface area contributed by atoms with Gasteiger partial charge in [0.05, 0.1) is 12.8 Å². The Morgan fingerprint density at radius 2 is 1.56 bits per heavy atom. The van der Waals surface area contributed by atoms with Gasteiger partial charge >= 0.3 is 21.1 Å². The van der Waals surface area contributed by atoms with Crippen molar-refractivity contribution in [1.29, 1.82) is 0 Å². The molecule has 0 N–H and O–H groups in total. The largest absolute Gasteiger partial charge is 2.00 e. The summed E-state index contributed by atoms with van der Waals surface area (Å²) in [7, 11) is 1.69. The Bertz CT molecular complexity index is 2260. The molecule has 3 heterocycles. The van der Waals surface area contributed by atoms with Crippen LogP contribution in [0.3, 0.4) is 0 Å². The predicted octanol–water partition coefficient (Wildman–Crippen LogP) is 10.6. The molecular formula is C43H42N4O2Pt. The number of benzene rings is 4. The maximum absolute atomic E-state index is 6.52. The zero-order chi connectivity index (χ0) is 34.1. The summed E-state index contributed by atoms with van der Waals surface area (Å²) in [6, 6.07) is 38.2. The number of aryl methyl sites for hydroxylation is 1. The van der Waals surface area contributed by atoms with Crippen LogP contribution in [0.25, 0.3) is 44.4 Å². The van der Waals surface area contributed by atoms with E-state index in [1.165, 1.54) is 22.4 Å². The standard InChI is InChI=1S/C43H42N4O2.Pt/c1-7-13-37-42(29-15-10-9-11-16-29)39(14-8-2)47(45-37)31-17-12-18-33(26-31)49-34-19-21-35-36-27-32(48-6)20-22-38(36)46(40(35)28-34)41-25-30(23-24-44-41)43(3,4)5;/h9-12,15-25,27H,7-8,13-14H2,1-6H3;/q-2;+2. The molecule has 7 aromatic rings. The Labute approximate surface area is 309 Å². The molecule has 0 spiro atoms. The van der Waals surface area contributed by atoms with E-state index in [4.69, 9.17) is 19.6 Å². The smallest absolute Gasteiger partial charge is 0.509 e. The Hall–Kier alpha value is -4.67. The zero-order valence-corrected chi connectivity index (χ0v) is 31.8. The molecule has 50 heavy (non-hydrogen) atoms. The van der Waals surface area contributed by atoms with E-state index in [2.05, 4.69) is 123 Å². The Kier molecular flexibility index (Phi) is 10.3. The molecule has 256 valence electrons. The van der Waals surface area contributed by atoms with E-state index in [0.29, 0.717) is 11.5 Å². The van der Waals surface area contributed by atoms with E-state index < -0.39 is 0 Å². The molecule has 0 fully saturated rings. The fraction of sp³-hybridized carbons (Fsp3) is 0.256. The van der Waals surface area contributed by atoms with E-state index in [-0.39, 0.29) is 26.5 Å². The molecule has 0 aliphatic rings. The molecule has 0 unspecified atom stereocenters. The van der Waals surface area contributed by atoms with E-state index in [9.17, 15) is 0 Å². The first kappa shape index (κ1) is 35.2. The minimum atomic E-state index is -0.0246. The van der Waals surface area contributed by atoms with Gasteiger partial charge in [-0.15, -0.1) is 35.7 Å². The Morgan fingerprint density at radius 3 is 2.30 bits per heavy atom. The number of methoxy groups -OCH3 is 1. The maximum Gasteiger partial charge on any atom is 2.00 e. The number of aromatic nitrogens is 4. The van der Waals surface area contributed by atoms with E-state index in [1.54, 1.807) is 7.11 Å². The minimum absolute atomic E-state index is 0. The number of ether oxygens (including phenoxy) is 2. The molecule has 7 heteroatoms. The van der Waals surface area contributed by atoms with Crippen molar-refractivity contribution in [2.45, 2.75) is 65.7 Å². The van der Waals surface area contributed by atoms with E-state index >= 15 is 0 Å². The van der Waals surface area contributed by atoms with Gasteiger partial charge in [-0.05, 0) is 70.8 Å². The summed E-state index contributed by atoms with van der Waals surface area (Å²) >= 11 is 0. The summed E-state index contributed by atoms with van der Waals surface area (Å²) in [5, 5.41) is 7.27. The molecule has 0 radical (unpaired) electrons. The Morgan fingerprint density at radius 1 is 0.780 bits per heavy atom. The first-order valence-electron chi connectivity index (χ1n) is 17.2. The van der Waals surface area contributed by atoms with Gasteiger partial charge in [0, 0.05) is 34.5 Å². The van der Waals surface area contributed by atoms with Crippen LogP contribution in [0.2, 0.25) is 0 Å². The average molecular weight is 842 g/mol. The van der Waals surface area contributed by atoms with Crippen molar-refractivity contribution >= 4 is 21.8 Å². The molecule has 0 saturated carbocycles. The summed E-state index contributed by atoms with van der Waals surface area (Å²) in [5.41, 5.74) is 8.68. The Balaban J connectivity index is 0.00000432. The molecule has 3 aromatic heterocycles. The van der Waals surface area contributed by atoms with Gasteiger partial charge in [-0.2, -0.15) is 17.2 Å². The van der Waals surface area contributed by atoms with Crippen molar-refractivity contribution in [3.05, 3.63) is 126 Å². The van der Waals surface area contributed by atoms with Gasteiger partial charge in [0.25, 0.3) is 0 Å². The second-order valence-corrected chi connectivity index (χ2v) is 13.5. The van der Waals surface area contributed by atoms with Crippen LogP contribution in [-0.4, -0.2) is 26.4 Å². The van der Waals surface area contributed by atoms with Crippen molar-refractivity contribution in [3.63, 3.8) is 0 Å². The summed E-state index contributed by atoms with van der Waals surface area (Å²) < 4.78 is 16.3. The molecule has 0 aliphatic carbocycles. The fourth-order valence-corrected chi connectivity index (χ4v) is 6.59. The van der Waals surface area contributed by atoms with Gasteiger partial charge < -0.3 is 14.0 Å². The second-order valence-electron chi connectivity index (χ2n) is 13.5. The average Bonchev–Trinajstić information content (AvgIpc) is 3.63. The summed E-state index contributed by atoms with van der Waals surface area (Å²) in [5.74, 6) is 2.82. The van der Waals surface area contributed by atoms with Gasteiger partial charge in [0.1, 0.15) is 11.6 Å². The van der Waals surface area contributed by atoms with Crippen LogP contribution in [0.5, 0.6) is 17.2 Å². The molecule has 0 bridgehead atoms. The molecule has 0 saturated heterocycles. The third-order valence-corrected chi connectivity index (χ3v) is 8.99. The van der Waals surface area contributed by atoms with E-state index in [0.717, 1.165) is 70.4 Å². The van der Waals surface area contributed by atoms with Crippen LogP contribution in [0.1, 0.15) is 64.4 Å². The summed E-state index contributed by atoms with van der Waals surface area (Å²) in [6.45, 7) is 11.1. The van der Waals surface area contributed by atoms with Crippen molar-refractivity contribution in [2.24, 2.45) is 0 Å². The van der Waals surface area contributed by atoms with Crippen molar-refractivity contribution < 1.29 is 30.5 Å². The van der Waals surface area contributed by atoms with Gasteiger partial charge in [0.15, 0.2) is 0 Å². The van der Waals surface area contributed by atoms with Crippen LogP contribution >= 0.6 is 0 Å². The molecule has 4 aromatic carbocycles. The van der Waals surface area contributed by atoms with Crippen LogP contribution in [0.4, 0.5) is 0 Å². The van der Waals surface area contributed by atoms with Crippen LogP contribution in [-0.2, 0) is 39.3 Å². The summed E-state index contributed by atoms with van der Waals surface area (Å²) in [4.78, 5) is 4.82. The summed E-state index contributed by atoms with van der Waals surface area (Å²) in [6.07, 6.45) is 5.73. The second kappa shape index (κ2) is 14.7. The van der Waals surface area contributed by atoms with Crippen molar-refractivity contribution in [1.82, 2.24) is 19.3 Å². The minimum Gasteiger partial charge on any atom is -0.509 e. The van der Waals surface area contributed by atoms with Gasteiger partial charge in [-0.25, -0.2) is 4.98 Å². The van der Waals surface area contributed by atoms with Gasteiger partial charge in [-0.1, -0.05) is 83.3 Å². The first-order valence-corrected chi connectivity index (χ1v) is 17.2. The maximum atomic E-state index is 6.52. The quantitative estimate of drug-likeness (QED) is 0.129. The SMILES string of the molecule is CCCc1nn(-c2[c-]c(Oc3[c-]c4c(cc3)c3cc(OC)ccc3n4-c3cc(C(C)(C)C)ccn3)ccc2)c(CCC)c1-c1ccccc1.[Pt+2]. The zero-order valence-electron chi connectivity index (χ0n) is 29.5. The third-order valence-electron chi connectivity index (χ3n) is 8.99. The monoisotopic (exact) mass is 841 g/mol. The number of pyridine rings is 1. The molecule has 7 rings (SSSR count). The molecule has 0 aliphatic heterocycles. The van der Waals surface area contributed by atoms with Gasteiger partial charge in [-0.3, -0.25) is 4.68 Å². The van der Waals surface area contributed by atoms with Crippen LogP contribution < -0.4 is 9.47 Å². The number of rotatable bonds is 10.